The van der Waals surface area contributed by atoms with E-state index in [-0.39, 0.29) is 11.1 Å². The number of hydrogen-bond donors (Lipinski definition) is 1. The van der Waals surface area contributed by atoms with Gasteiger partial charge in [0.15, 0.2) is 0 Å². The average Bonchev–Trinajstić information content (AvgIpc) is 2.37. The molecule has 1 rings (SSSR count). The number of unbranched alkanes of at least 4 members (excludes halogenated alkanes) is 1. The number of carbonyl (C=O) groups is 1. The van der Waals surface area contributed by atoms with E-state index >= 15 is 0 Å². The number of aromatic nitrogens is 1. The molecule has 1 aromatic rings. The molecule has 0 aliphatic carbocycles. The normalized spacial score (nSPS) is 9.61. The molecule has 1 heterocycles. The maximum Gasteiger partial charge on any atom is 0.338 e. The Morgan fingerprint density at radius 1 is 1.50 bits per heavy atom. The molecule has 0 atom stereocenters. The number of aryl methyl sites for hydroxylation is 1. The summed E-state index contributed by atoms with van der Waals surface area (Å²) in [5.41, 5.74) is 8.68. The van der Waals surface area contributed by atoms with Crippen molar-refractivity contribution in [3.63, 3.8) is 0 Å². The summed E-state index contributed by atoms with van der Waals surface area (Å²) >= 11 is 0. The van der Waals surface area contributed by atoms with Crippen molar-refractivity contribution in [1.82, 2.24) is 4.98 Å². The summed E-state index contributed by atoms with van der Waals surface area (Å²) in [6.07, 6.45) is 2.11. The van der Waals surface area contributed by atoms with Crippen molar-refractivity contribution in [2.24, 2.45) is 5.11 Å². The minimum Gasteiger partial charge on any atom is -0.465 e. The van der Waals surface area contributed by atoms with Crippen LogP contribution in [0, 0.1) is 0 Å². The van der Waals surface area contributed by atoms with Crippen LogP contribution in [0.2, 0.25) is 0 Å². The number of hydrogen-bond acceptors (Lipinski definition) is 4. The van der Waals surface area contributed by atoms with Gasteiger partial charge < -0.3 is 9.72 Å². The summed E-state index contributed by atoms with van der Waals surface area (Å²) in [7, 11) is 1.27. The topological polar surface area (TPSA) is 108 Å². The lowest BCUT2D eigenvalue weighted by atomic mass is 10.1. The maximum atomic E-state index is 11.3. The fraction of sp³-hybridized carbons (Fsp3) is 0.455. The fourth-order valence-electron chi connectivity index (χ4n) is 1.51. The third kappa shape index (κ3) is 4.31. The second-order valence-corrected chi connectivity index (χ2v) is 3.66. The Hall–Kier alpha value is -2.27. The zero-order valence-corrected chi connectivity index (χ0v) is 10.0. The van der Waals surface area contributed by atoms with Crippen LogP contribution in [0.5, 0.6) is 0 Å². The molecule has 0 aliphatic heterocycles. The van der Waals surface area contributed by atoms with Crippen LogP contribution in [0.4, 0.5) is 0 Å². The highest BCUT2D eigenvalue weighted by Gasteiger charge is 2.07. The summed E-state index contributed by atoms with van der Waals surface area (Å²) in [4.78, 5) is 27.9. The van der Waals surface area contributed by atoms with Gasteiger partial charge in [0.05, 0.1) is 12.7 Å². The molecule has 0 aromatic carbocycles. The van der Waals surface area contributed by atoms with E-state index in [1.54, 1.807) is 6.07 Å². The number of H-pyrrole nitrogens is 1. The van der Waals surface area contributed by atoms with Crippen LogP contribution in [0.3, 0.4) is 0 Å². The molecule has 0 radical (unpaired) electrons. The van der Waals surface area contributed by atoms with E-state index in [1.165, 1.54) is 13.2 Å². The molecule has 1 N–H and O–H groups in total. The first-order chi connectivity index (χ1) is 8.67. The van der Waals surface area contributed by atoms with Gasteiger partial charge in [-0.1, -0.05) is 5.11 Å². The first-order valence-electron chi connectivity index (χ1n) is 5.50. The zero-order chi connectivity index (χ0) is 13.4. The first kappa shape index (κ1) is 13.8. The van der Waals surface area contributed by atoms with E-state index in [0.717, 1.165) is 12.8 Å². The number of aromatic amines is 1. The van der Waals surface area contributed by atoms with Crippen molar-refractivity contribution in [2.45, 2.75) is 19.3 Å². The van der Waals surface area contributed by atoms with E-state index in [9.17, 15) is 9.59 Å². The Morgan fingerprint density at radius 2 is 2.28 bits per heavy atom. The van der Waals surface area contributed by atoms with Gasteiger partial charge in [-0.15, -0.1) is 0 Å². The van der Waals surface area contributed by atoms with Crippen molar-refractivity contribution in [2.75, 3.05) is 13.7 Å². The largest absolute Gasteiger partial charge is 0.465 e. The number of ether oxygens (including phenoxy) is 1. The standard InChI is InChI=1S/C11H14N4O3/c1-18-11(17)8-6-9(14-10(16)7-8)4-2-3-5-13-15-12/h6-7H,2-5H2,1H3,(H,14,16). The Balaban J connectivity index is 2.65. The minimum absolute atomic E-state index is 0.242. The van der Waals surface area contributed by atoms with E-state index in [0.29, 0.717) is 18.7 Å². The maximum absolute atomic E-state index is 11.3. The van der Waals surface area contributed by atoms with E-state index in [4.69, 9.17) is 5.53 Å². The van der Waals surface area contributed by atoms with Gasteiger partial charge >= 0.3 is 5.97 Å². The number of pyridine rings is 1. The molecule has 0 bridgehead atoms. The third-order valence-electron chi connectivity index (χ3n) is 2.34. The summed E-state index contributed by atoms with van der Waals surface area (Å²) in [6.45, 7) is 0.428. The molecule has 18 heavy (non-hydrogen) atoms. The number of esters is 1. The second-order valence-electron chi connectivity index (χ2n) is 3.66. The van der Waals surface area contributed by atoms with Crippen LogP contribution in [0.25, 0.3) is 10.4 Å². The molecule has 0 spiro atoms. The minimum atomic E-state index is -0.531. The van der Waals surface area contributed by atoms with Gasteiger partial charge in [-0.05, 0) is 30.9 Å². The van der Waals surface area contributed by atoms with Gasteiger partial charge in [0, 0.05) is 23.2 Å². The number of azide groups is 1. The van der Waals surface area contributed by atoms with Crippen molar-refractivity contribution in [3.05, 3.63) is 44.2 Å². The van der Waals surface area contributed by atoms with Gasteiger partial charge in [0.1, 0.15) is 0 Å². The Kier molecular flexibility index (Phi) is 5.47. The van der Waals surface area contributed by atoms with Crippen LogP contribution < -0.4 is 5.56 Å². The molecule has 1 aromatic heterocycles. The van der Waals surface area contributed by atoms with Crippen molar-refractivity contribution in [1.29, 1.82) is 0 Å². The molecule has 0 unspecified atom stereocenters. The molecule has 96 valence electrons. The van der Waals surface area contributed by atoms with Gasteiger partial charge in [0.2, 0.25) is 5.56 Å². The lowest BCUT2D eigenvalue weighted by molar-refractivity contribution is 0.0600. The van der Waals surface area contributed by atoms with Crippen molar-refractivity contribution >= 4 is 5.97 Å². The zero-order valence-electron chi connectivity index (χ0n) is 10.0. The average molecular weight is 250 g/mol. The monoisotopic (exact) mass is 250 g/mol. The van der Waals surface area contributed by atoms with Crippen LogP contribution >= 0.6 is 0 Å². The van der Waals surface area contributed by atoms with Crippen molar-refractivity contribution in [3.8, 4) is 0 Å². The quantitative estimate of drug-likeness (QED) is 0.273. The lowest BCUT2D eigenvalue weighted by Gasteiger charge is -2.03. The Labute approximate surface area is 103 Å². The number of rotatable bonds is 6. The Morgan fingerprint density at radius 3 is 2.94 bits per heavy atom. The van der Waals surface area contributed by atoms with Gasteiger partial charge in [-0.3, -0.25) is 4.79 Å². The predicted octanol–water partition coefficient (Wildman–Crippen LogP) is 1.79. The van der Waals surface area contributed by atoms with E-state index < -0.39 is 5.97 Å². The molecular formula is C11H14N4O3. The van der Waals surface area contributed by atoms with Gasteiger partial charge in [0.25, 0.3) is 0 Å². The number of methoxy groups -OCH3 is 1. The van der Waals surface area contributed by atoms with Crippen LogP contribution in [-0.2, 0) is 11.2 Å². The predicted molar refractivity (Wildman–Crippen MR) is 65.4 cm³/mol. The first-order valence-corrected chi connectivity index (χ1v) is 5.50. The summed E-state index contributed by atoms with van der Waals surface area (Å²) in [5.74, 6) is -0.531. The molecule has 0 saturated carbocycles. The number of nitrogens with zero attached hydrogens (tertiary/aromatic N) is 3. The van der Waals surface area contributed by atoms with Gasteiger partial charge in [-0.25, -0.2) is 4.79 Å². The molecule has 0 saturated heterocycles. The van der Waals surface area contributed by atoms with E-state index in [1.807, 2.05) is 0 Å². The highest BCUT2D eigenvalue weighted by atomic mass is 16.5. The summed E-state index contributed by atoms with van der Waals surface area (Å²) in [5, 5.41) is 3.41. The summed E-state index contributed by atoms with van der Waals surface area (Å²) in [6, 6.07) is 2.80. The fourth-order valence-corrected chi connectivity index (χ4v) is 1.51. The van der Waals surface area contributed by atoms with Crippen molar-refractivity contribution < 1.29 is 9.53 Å². The molecule has 0 amide bonds. The lowest BCUT2D eigenvalue weighted by Crippen LogP contribution is -2.13. The van der Waals surface area contributed by atoms with E-state index in [2.05, 4.69) is 19.7 Å². The molecule has 0 fully saturated rings. The van der Waals surface area contributed by atoms with Gasteiger partial charge in [-0.2, -0.15) is 0 Å². The van der Waals surface area contributed by atoms with Crippen LogP contribution in [-0.4, -0.2) is 24.6 Å². The van der Waals surface area contributed by atoms with Crippen LogP contribution in [0.15, 0.2) is 22.0 Å². The number of nitrogens with one attached hydrogen (secondary N) is 1. The highest BCUT2D eigenvalue weighted by Crippen LogP contribution is 2.05. The second kappa shape index (κ2) is 7.13. The molecule has 0 aliphatic rings. The molecule has 7 heteroatoms. The number of carbonyl (C=O) groups excluding carboxylic acids is 1. The Bertz CT molecular complexity index is 517. The molecule has 7 nitrogen and oxygen atoms in total. The molecular weight excluding hydrogens is 236 g/mol. The highest BCUT2D eigenvalue weighted by molar-refractivity contribution is 5.89. The smallest absolute Gasteiger partial charge is 0.338 e. The summed E-state index contributed by atoms with van der Waals surface area (Å²) < 4.78 is 4.56. The van der Waals surface area contributed by atoms with Crippen LogP contribution in [0.1, 0.15) is 28.9 Å². The third-order valence-corrected chi connectivity index (χ3v) is 2.34. The SMILES string of the molecule is COC(=O)c1cc(CCCCN=[N+]=[N-])[nH]c(=O)c1.